The van der Waals surface area contributed by atoms with Gasteiger partial charge in [-0.05, 0) is 22.4 Å². The maximum Gasteiger partial charge on any atom is 0.230 e. The van der Waals surface area contributed by atoms with Crippen molar-refractivity contribution in [3.05, 3.63) is 5.28 Å². The normalized spacial score (nSPS) is 20.6. The highest BCUT2D eigenvalue weighted by Crippen LogP contribution is 2.63. The predicted molar refractivity (Wildman–Crippen MR) is 74.1 cm³/mol. The van der Waals surface area contributed by atoms with E-state index in [9.17, 15) is 0 Å². The number of nitrogens with zero attached hydrogens (tertiary/aromatic N) is 4. The zero-order chi connectivity index (χ0) is 13.7. The lowest BCUT2D eigenvalue weighted by Crippen LogP contribution is -2.17. The molecule has 0 unspecified atom stereocenters. The van der Waals surface area contributed by atoms with Gasteiger partial charge in [0.1, 0.15) is 0 Å². The number of anilines is 2. The molecular formula is C12H20ClN5. The minimum atomic E-state index is 0.215. The van der Waals surface area contributed by atoms with Gasteiger partial charge >= 0.3 is 0 Å². The molecule has 6 heteroatoms. The Labute approximate surface area is 113 Å². The summed E-state index contributed by atoms with van der Waals surface area (Å²) in [4.78, 5) is 14.4. The van der Waals surface area contributed by atoms with Crippen molar-refractivity contribution in [1.82, 2.24) is 15.0 Å². The van der Waals surface area contributed by atoms with Crippen LogP contribution < -0.4 is 10.2 Å². The second kappa shape index (κ2) is 3.95. The molecule has 2 rings (SSSR count). The molecule has 0 radical (unpaired) electrons. The molecule has 1 N–H and O–H groups in total. The summed E-state index contributed by atoms with van der Waals surface area (Å²) in [6.45, 7) is 8.95. The topological polar surface area (TPSA) is 53.9 Å². The van der Waals surface area contributed by atoms with Crippen LogP contribution in [0.5, 0.6) is 0 Å². The Balaban J connectivity index is 2.21. The van der Waals surface area contributed by atoms with E-state index in [1.165, 1.54) is 0 Å². The van der Waals surface area contributed by atoms with Gasteiger partial charge < -0.3 is 10.2 Å². The third-order valence-electron chi connectivity index (χ3n) is 4.29. The van der Waals surface area contributed by atoms with Crippen LogP contribution in [0, 0.1) is 10.8 Å². The maximum atomic E-state index is 5.91. The van der Waals surface area contributed by atoms with Crippen molar-refractivity contribution in [2.75, 3.05) is 24.3 Å². The van der Waals surface area contributed by atoms with Gasteiger partial charge in [0.25, 0.3) is 0 Å². The van der Waals surface area contributed by atoms with Gasteiger partial charge in [-0.15, -0.1) is 0 Å². The molecule has 5 nitrogen and oxygen atoms in total. The Morgan fingerprint density at radius 3 is 2.06 bits per heavy atom. The van der Waals surface area contributed by atoms with Crippen LogP contribution in [0.25, 0.3) is 0 Å². The Morgan fingerprint density at radius 2 is 1.61 bits per heavy atom. The van der Waals surface area contributed by atoms with E-state index < -0.39 is 0 Å². The molecule has 1 heterocycles. The second-order valence-electron chi connectivity index (χ2n) is 6.14. The van der Waals surface area contributed by atoms with E-state index in [1.807, 2.05) is 19.0 Å². The molecule has 1 aliphatic carbocycles. The summed E-state index contributed by atoms with van der Waals surface area (Å²) in [6, 6.07) is 0.346. The number of aromatic nitrogens is 3. The largest absolute Gasteiger partial charge is 0.350 e. The summed E-state index contributed by atoms with van der Waals surface area (Å²) in [6.07, 6.45) is 0. The molecule has 1 fully saturated rings. The van der Waals surface area contributed by atoms with Crippen molar-refractivity contribution < 1.29 is 0 Å². The Bertz CT molecular complexity index is 456. The minimum Gasteiger partial charge on any atom is -0.350 e. The quantitative estimate of drug-likeness (QED) is 0.913. The Kier molecular flexibility index (Phi) is 2.93. The van der Waals surface area contributed by atoms with E-state index in [4.69, 9.17) is 11.6 Å². The number of nitrogens with one attached hydrogen (secondary N) is 1. The van der Waals surface area contributed by atoms with Gasteiger partial charge in [-0.3, -0.25) is 0 Å². The molecule has 1 saturated carbocycles. The molecule has 1 aromatic rings. The molecule has 100 valence electrons. The highest BCUT2D eigenvalue weighted by Gasteiger charge is 2.65. The van der Waals surface area contributed by atoms with Crippen LogP contribution in [0.15, 0.2) is 0 Å². The van der Waals surface area contributed by atoms with E-state index in [-0.39, 0.29) is 16.1 Å². The molecule has 1 aromatic heterocycles. The van der Waals surface area contributed by atoms with E-state index in [2.05, 4.69) is 48.0 Å². The van der Waals surface area contributed by atoms with Crippen LogP contribution in [-0.4, -0.2) is 35.1 Å². The van der Waals surface area contributed by atoms with Crippen LogP contribution in [-0.2, 0) is 0 Å². The number of hydrogen-bond acceptors (Lipinski definition) is 5. The first-order valence-electron chi connectivity index (χ1n) is 6.01. The molecule has 1 aliphatic rings. The smallest absolute Gasteiger partial charge is 0.230 e. The average Bonchev–Trinajstić information content (AvgIpc) is 2.60. The summed E-state index contributed by atoms with van der Waals surface area (Å²) in [5.74, 6) is 1.11. The van der Waals surface area contributed by atoms with Crippen LogP contribution in [0.3, 0.4) is 0 Å². The fourth-order valence-corrected chi connectivity index (χ4v) is 2.45. The number of rotatable bonds is 3. The van der Waals surface area contributed by atoms with Crippen molar-refractivity contribution in [3.8, 4) is 0 Å². The third-order valence-corrected chi connectivity index (χ3v) is 4.46. The Morgan fingerprint density at radius 1 is 1.06 bits per heavy atom. The van der Waals surface area contributed by atoms with Crippen molar-refractivity contribution in [1.29, 1.82) is 0 Å². The van der Waals surface area contributed by atoms with E-state index in [0.717, 1.165) is 0 Å². The number of hydrogen-bond donors (Lipinski definition) is 1. The molecule has 0 atom stereocenters. The minimum absolute atomic E-state index is 0.215. The molecule has 18 heavy (non-hydrogen) atoms. The van der Waals surface area contributed by atoms with E-state index in [1.54, 1.807) is 0 Å². The van der Waals surface area contributed by atoms with Crippen molar-refractivity contribution in [2.45, 2.75) is 33.7 Å². The standard InChI is InChI=1S/C12H20ClN5/c1-11(2)7(12(11,3)4)14-9-15-8(13)16-10(17-9)18(5)6/h7H,1-6H3,(H,14,15,16,17). The van der Waals surface area contributed by atoms with Gasteiger partial charge in [0.2, 0.25) is 17.2 Å². The lowest BCUT2D eigenvalue weighted by molar-refractivity contribution is 0.457. The van der Waals surface area contributed by atoms with Gasteiger partial charge in [0.05, 0.1) is 0 Å². The molecule has 0 amide bonds. The zero-order valence-corrected chi connectivity index (χ0v) is 12.5. The van der Waals surface area contributed by atoms with Crippen LogP contribution in [0.4, 0.5) is 11.9 Å². The highest BCUT2D eigenvalue weighted by molar-refractivity contribution is 6.28. The first-order valence-corrected chi connectivity index (χ1v) is 6.39. The molecule has 0 bridgehead atoms. The van der Waals surface area contributed by atoms with Gasteiger partial charge in [-0.2, -0.15) is 15.0 Å². The van der Waals surface area contributed by atoms with Crippen LogP contribution in [0.1, 0.15) is 27.7 Å². The van der Waals surface area contributed by atoms with Gasteiger partial charge in [-0.1, -0.05) is 27.7 Å². The molecule has 0 saturated heterocycles. The van der Waals surface area contributed by atoms with Crippen molar-refractivity contribution in [3.63, 3.8) is 0 Å². The fourth-order valence-electron chi connectivity index (χ4n) is 2.29. The van der Waals surface area contributed by atoms with Gasteiger partial charge in [0.15, 0.2) is 0 Å². The molecule has 0 spiro atoms. The first-order chi connectivity index (χ1) is 8.16. The van der Waals surface area contributed by atoms with Gasteiger partial charge in [0, 0.05) is 20.1 Å². The monoisotopic (exact) mass is 269 g/mol. The lowest BCUT2D eigenvalue weighted by Gasteiger charge is -2.12. The highest BCUT2D eigenvalue weighted by atomic mass is 35.5. The van der Waals surface area contributed by atoms with E-state index >= 15 is 0 Å². The van der Waals surface area contributed by atoms with Crippen LogP contribution >= 0.6 is 11.6 Å². The van der Waals surface area contributed by atoms with Crippen molar-refractivity contribution >= 4 is 23.5 Å². The summed E-state index contributed by atoms with van der Waals surface area (Å²) in [5, 5.41) is 3.57. The van der Waals surface area contributed by atoms with Gasteiger partial charge in [-0.25, -0.2) is 0 Å². The summed E-state index contributed by atoms with van der Waals surface area (Å²) < 4.78 is 0. The molecular weight excluding hydrogens is 250 g/mol. The lowest BCUT2D eigenvalue weighted by atomic mass is 10.0. The first kappa shape index (κ1) is 13.3. The summed E-state index contributed by atoms with van der Waals surface area (Å²) in [5.41, 5.74) is 0.453. The van der Waals surface area contributed by atoms with Crippen LogP contribution in [0.2, 0.25) is 5.28 Å². The molecule has 0 aliphatic heterocycles. The molecule has 0 aromatic carbocycles. The Hall–Kier alpha value is -1.10. The average molecular weight is 270 g/mol. The zero-order valence-electron chi connectivity index (χ0n) is 11.7. The SMILES string of the molecule is CN(C)c1nc(Cl)nc(NC2C(C)(C)C2(C)C)n1. The third kappa shape index (κ3) is 2.00. The predicted octanol–water partition coefficient (Wildman–Crippen LogP) is 2.44. The summed E-state index contributed by atoms with van der Waals surface area (Å²) >= 11 is 5.91. The maximum absolute atomic E-state index is 5.91. The van der Waals surface area contributed by atoms with E-state index in [0.29, 0.717) is 17.9 Å². The fraction of sp³-hybridized carbons (Fsp3) is 0.750. The number of halogens is 1. The second-order valence-corrected chi connectivity index (χ2v) is 6.48. The summed E-state index contributed by atoms with van der Waals surface area (Å²) in [7, 11) is 3.75. The van der Waals surface area contributed by atoms with Crippen molar-refractivity contribution in [2.24, 2.45) is 10.8 Å².